The molecule has 2 rings (SSSR count). The van der Waals surface area contributed by atoms with E-state index in [4.69, 9.17) is 5.73 Å². The van der Waals surface area contributed by atoms with Gasteiger partial charge in [0, 0.05) is 17.2 Å². The van der Waals surface area contributed by atoms with Crippen LogP contribution in [-0.2, 0) is 4.79 Å². The molecule has 0 spiro atoms. The minimum Gasteiger partial charge on any atom is -0.399 e. The van der Waals surface area contributed by atoms with Crippen molar-refractivity contribution in [2.24, 2.45) is 5.92 Å². The first-order chi connectivity index (χ1) is 10.0. The highest BCUT2D eigenvalue weighted by atomic mass is 32.1. The number of nitrogens with zero attached hydrogens (tertiary/aromatic N) is 2. The molecule has 0 radical (unpaired) electrons. The number of amides is 1. The van der Waals surface area contributed by atoms with Gasteiger partial charge in [0.1, 0.15) is 5.01 Å². The van der Waals surface area contributed by atoms with Crippen molar-refractivity contribution < 1.29 is 4.79 Å². The smallest absolute Gasteiger partial charge is 0.229 e. The lowest BCUT2D eigenvalue weighted by Gasteiger charge is -2.10. The molecule has 0 fully saturated rings. The summed E-state index contributed by atoms with van der Waals surface area (Å²) in [5.74, 6) is 0.0263. The van der Waals surface area contributed by atoms with E-state index in [0.29, 0.717) is 10.8 Å². The molecular weight excluding hydrogens is 284 g/mol. The number of anilines is 2. The third kappa shape index (κ3) is 3.58. The number of aromatic nitrogens is 2. The highest BCUT2D eigenvalue weighted by Crippen LogP contribution is 2.30. The molecule has 1 heterocycles. The average Bonchev–Trinajstić information content (AvgIpc) is 2.91. The topological polar surface area (TPSA) is 80.9 Å². The molecule has 112 valence electrons. The molecule has 0 saturated heterocycles. The van der Waals surface area contributed by atoms with Crippen LogP contribution >= 0.6 is 11.3 Å². The Kier molecular flexibility index (Phi) is 4.90. The van der Waals surface area contributed by atoms with E-state index in [1.807, 2.05) is 39.0 Å². The molecule has 1 aromatic heterocycles. The van der Waals surface area contributed by atoms with Gasteiger partial charge in [-0.05, 0) is 37.5 Å². The van der Waals surface area contributed by atoms with E-state index in [-0.39, 0.29) is 11.8 Å². The van der Waals surface area contributed by atoms with Crippen molar-refractivity contribution in [3.63, 3.8) is 0 Å². The van der Waals surface area contributed by atoms with Crippen LogP contribution in [0, 0.1) is 12.8 Å². The summed E-state index contributed by atoms with van der Waals surface area (Å²) in [5.41, 5.74) is 8.54. The Hall–Kier alpha value is -1.95. The van der Waals surface area contributed by atoms with Crippen LogP contribution < -0.4 is 11.1 Å². The molecule has 1 aromatic carbocycles. The van der Waals surface area contributed by atoms with E-state index in [1.165, 1.54) is 11.3 Å². The van der Waals surface area contributed by atoms with Gasteiger partial charge in [0.05, 0.1) is 0 Å². The van der Waals surface area contributed by atoms with Crippen molar-refractivity contribution >= 4 is 28.1 Å². The summed E-state index contributed by atoms with van der Waals surface area (Å²) < 4.78 is 0. The van der Waals surface area contributed by atoms with Gasteiger partial charge in [-0.3, -0.25) is 4.79 Å². The number of nitrogens with two attached hydrogens (primary N) is 1. The van der Waals surface area contributed by atoms with Crippen molar-refractivity contribution in [1.82, 2.24) is 10.2 Å². The first-order valence-corrected chi connectivity index (χ1v) is 7.87. The third-order valence-corrected chi connectivity index (χ3v) is 4.38. The normalized spacial score (nSPS) is 10.9. The fourth-order valence-corrected chi connectivity index (χ4v) is 2.95. The van der Waals surface area contributed by atoms with Gasteiger partial charge in [0.2, 0.25) is 11.0 Å². The van der Waals surface area contributed by atoms with Gasteiger partial charge in [-0.1, -0.05) is 31.3 Å². The number of carbonyl (C=O) groups excluding carboxylic acids is 1. The zero-order valence-electron chi connectivity index (χ0n) is 12.5. The number of nitrogen functional groups attached to an aromatic ring is 1. The summed E-state index contributed by atoms with van der Waals surface area (Å²) >= 11 is 1.37. The number of aryl methyl sites for hydroxylation is 1. The Morgan fingerprint density at radius 2 is 2.05 bits per heavy atom. The fraction of sp³-hybridized carbons (Fsp3) is 0.400. The standard InChI is InChI=1S/C15H20N4OS/c1-4-10(5-2)13(20)17-15-19-18-14(21-15)12-8-11(16)7-6-9(12)3/h6-8,10H,4-5,16H2,1-3H3,(H,17,19,20). The molecule has 0 atom stereocenters. The molecule has 5 nitrogen and oxygen atoms in total. The second-order valence-electron chi connectivity index (χ2n) is 4.99. The predicted octanol–water partition coefficient (Wildman–Crippen LogP) is 3.47. The third-order valence-electron chi connectivity index (χ3n) is 3.50. The van der Waals surface area contributed by atoms with E-state index in [9.17, 15) is 4.79 Å². The Labute approximate surface area is 128 Å². The summed E-state index contributed by atoms with van der Waals surface area (Å²) in [5, 5.41) is 12.3. The second-order valence-corrected chi connectivity index (χ2v) is 5.97. The number of carbonyl (C=O) groups is 1. The molecule has 1 amide bonds. The van der Waals surface area contributed by atoms with Crippen LogP contribution in [0.3, 0.4) is 0 Å². The summed E-state index contributed by atoms with van der Waals surface area (Å²) in [6.07, 6.45) is 1.64. The molecule has 21 heavy (non-hydrogen) atoms. The quantitative estimate of drug-likeness (QED) is 0.829. The zero-order chi connectivity index (χ0) is 15.4. The monoisotopic (exact) mass is 304 g/mol. The number of hydrogen-bond acceptors (Lipinski definition) is 5. The molecule has 0 aliphatic heterocycles. The Morgan fingerprint density at radius 1 is 1.33 bits per heavy atom. The van der Waals surface area contributed by atoms with Crippen LogP contribution in [0.25, 0.3) is 10.6 Å². The maximum Gasteiger partial charge on any atom is 0.229 e. The summed E-state index contributed by atoms with van der Waals surface area (Å²) in [6.45, 7) is 6.02. The van der Waals surface area contributed by atoms with Gasteiger partial charge in [-0.25, -0.2) is 0 Å². The largest absolute Gasteiger partial charge is 0.399 e. The molecule has 0 bridgehead atoms. The maximum absolute atomic E-state index is 12.0. The van der Waals surface area contributed by atoms with Gasteiger partial charge in [-0.2, -0.15) is 0 Å². The predicted molar refractivity (Wildman–Crippen MR) is 87.2 cm³/mol. The van der Waals surface area contributed by atoms with Gasteiger partial charge >= 0.3 is 0 Å². The fourth-order valence-electron chi connectivity index (χ4n) is 2.12. The Morgan fingerprint density at radius 3 is 2.71 bits per heavy atom. The number of hydrogen-bond donors (Lipinski definition) is 2. The van der Waals surface area contributed by atoms with Crippen LogP contribution in [0.5, 0.6) is 0 Å². The van der Waals surface area contributed by atoms with Crippen LogP contribution in [-0.4, -0.2) is 16.1 Å². The lowest BCUT2D eigenvalue weighted by molar-refractivity contribution is -0.120. The van der Waals surface area contributed by atoms with E-state index in [0.717, 1.165) is 29.0 Å². The van der Waals surface area contributed by atoms with Gasteiger partial charge in [0.25, 0.3) is 0 Å². The van der Waals surface area contributed by atoms with Crippen molar-refractivity contribution in [3.8, 4) is 10.6 Å². The van der Waals surface area contributed by atoms with Crippen LogP contribution in [0.15, 0.2) is 18.2 Å². The number of rotatable bonds is 5. The molecule has 0 aliphatic carbocycles. The summed E-state index contributed by atoms with van der Waals surface area (Å²) in [6, 6.07) is 5.69. The average molecular weight is 304 g/mol. The number of nitrogens with one attached hydrogen (secondary N) is 1. The molecule has 2 aromatic rings. The van der Waals surface area contributed by atoms with E-state index in [2.05, 4.69) is 15.5 Å². The van der Waals surface area contributed by atoms with E-state index >= 15 is 0 Å². The summed E-state index contributed by atoms with van der Waals surface area (Å²) in [4.78, 5) is 12.0. The Balaban J connectivity index is 2.18. The van der Waals surface area contributed by atoms with Gasteiger partial charge in [-0.15, -0.1) is 10.2 Å². The first kappa shape index (κ1) is 15.4. The second kappa shape index (κ2) is 6.67. The lowest BCUT2D eigenvalue weighted by atomic mass is 10.0. The maximum atomic E-state index is 12.0. The summed E-state index contributed by atoms with van der Waals surface area (Å²) in [7, 11) is 0. The van der Waals surface area contributed by atoms with Crippen LogP contribution in [0.2, 0.25) is 0 Å². The van der Waals surface area contributed by atoms with E-state index in [1.54, 1.807) is 0 Å². The lowest BCUT2D eigenvalue weighted by Crippen LogP contribution is -2.21. The minimum absolute atomic E-state index is 0.00648. The highest BCUT2D eigenvalue weighted by Gasteiger charge is 2.17. The van der Waals surface area contributed by atoms with Gasteiger partial charge < -0.3 is 11.1 Å². The van der Waals surface area contributed by atoms with Crippen molar-refractivity contribution in [2.45, 2.75) is 33.6 Å². The van der Waals surface area contributed by atoms with Crippen molar-refractivity contribution in [2.75, 3.05) is 11.1 Å². The molecular formula is C15H20N4OS. The van der Waals surface area contributed by atoms with Crippen molar-refractivity contribution in [3.05, 3.63) is 23.8 Å². The van der Waals surface area contributed by atoms with Crippen molar-refractivity contribution in [1.29, 1.82) is 0 Å². The highest BCUT2D eigenvalue weighted by molar-refractivity contribution is 7.18. The van der Waals surface area contributed by atoms with Crippen LogP contribution in [0.1, 0.15) is 32.3 Å². The van der Waals surface area contributed by atoms with Crippen LogP contribution in [0.4, 0.5) is 10.8 Å². The van der Waals surface area contributed by atoms with Gasteiger partial charge in [0.15, 0.2) is 0 Å². The zero-order valence-corrected chi connectivity index (χ0v) is 13.3. The Bertz CT molecular complexity index is 634. The molecule has 3 N–H and O–H groups in total. The number of benzene rings is 1. The SMILES string of the molecule is CCC(CC)C(=O)Nc1nnc(-c2cc(N)ccc2C)s1. The molecule has 6 heteroatoms. The molecule has 0 unspecified atom stereocenters. The van der Waals surface area contributed by atoms with E-state index < -0.39 is 0 Å². The molecule has 0 saturated carbocycles. The minimum atomic E-state index is 0.00648. The molecule has 0 aliphatic rings. The first-order valence-electron chi connectivity index (χ1n) is 7.06.